The van der Waals surface area contributed by atoms with Gasteiger partial charge in [-0.2, -0.15) is 0 Å². The molecule has 0 saturated heterocycles. The van der Waals surface area contributed by atoms with Crippen LogP contribution in [0.2, 0.25) is 0 Å². The molecule has 5 nitrogen and oxygen atoms in total. The highest BCUT2D eigenvalue weighted by atomic mass is 32.1. The van der Waals surface area contributed by atoms with Crippen molar-refractivity contribution in [3.8, 4) is 11.5 Å². The summed E-state index contributed by atoms with van der Waals surface area (Å²) in [4.78, 5) is 12.8. The zero-order valence-corrected chi connectivity index (χ0v) is 17.1. The summed E-state index contributed by atoms with van der Waals surface area (Å²) in [5.41, 5.74) is 1.76. The Morgan fingerprint density at radius 1 is 0.833 bits per heavy atom. The Kier molecular flexibility index (Phi) is 6.47. The van der Waals surface area contributed by atoms with Crippen molar-refractivity contribution in [1.82, 2.24) is 10.2 Å². The van der Waals surface area contributed by atoms with E-state index in [-0.39, 0.29) is 5.91 Å². The third-order valence-electron chi connectivity index (χ3n) is 4.49. The third-order valence-corrected chi connectivity index (χ3v) is 5.39. The number of carbonyl (C=O) groups excluding carboxylic acids is 1. The summed E-state index contributed by atoms with van der Waals surface area (Å²) < 4.78 is 5.88. The minimum absolute atomic E-state index is 0.270. The Morgan fingerprint density at radius 2 is 1.53 bits per heavy atom. The van der Waals surface area contributed by atoms with Gasteiger partial charge >= 0.3 is 0 Å². The number of anilines is 1. The van der Waals surface area contributed by atoms with Crippen molar-refractivity contribution >= 4 is 22.4 Å². The summed E-state index contributed by atoms with van der Waals surface area (Å²) >= 11 is 1.41. The van der Waals surface area contributed by atoms with Gasteiger partial charge in [-0.05, 0) is 42.7 Å². The van der Waals surface area contributed by atoms with Gasteiger partial charge in [0.1, 0.15) is 16.5 Å². The number of aryl methyl sites for hydroxylation is 2. The zero-order chi connectivity index (χ0) is 20.6. The molecule has 4 rings (SSSR count). The van der Waals surface area contributed by atoms with Gasteiger partial charge in [0.15, 0.2) is 0 Å². The molecule has 0 saturated carbocycles. The molecule has 0 atom stereocenters. The van der Waals surface area contributed by atoms with Crippen LogP contribution in [0.5, 0.6) is 11.5 Å². The summed E-state index contributed by atoms with van der Waals surface area (Å²) in [5, 5.41) is 12.6. The molecule has 0 fully saturated rings. The monoisotopic (exact) mass is 415 g/mol. The van der Waals surface area contributed by atoms with Gasteiger partial charge in [-0.25, -0.2) is 0 Å². The second-order valence-corrected chi connectivity index (χ2v) is 7.77. The molecule has 6 heteroatoms. The van der Waals surface area contributed by atoms with E-state index in [4.69, 9.17) is 4.74 Å². The molecule has 30 heavy (non-hydrogen) atoms. The smallest absolute Gasteiger partial charge is 0.261 e. The lowest BCUT2D eigenvalue weighted by molar-refractivity contribution is 0.102. The fraction of sp³-hybridized carbons (Fsp3) is 0.125. The normalized spacial score (nSPS) is 10.5. The van der Waals surface area contributed by atoms with E-state index in [1.807, 2.05) is 60.7 Å². The molecule has 1 aromatic heterocycles. The number of amides is 1. The molecule has 1 amide bonds. The van der Waals surface area contributed by atoms with Crippen LogP contribution < -0.4 is 10.1 Å². The van der Waals surface area contributed by atoms with E-state index < -0.39 is 0 Å². The fourth-order valence-corrected chi connectivity index (χ4v) is 3.79. The lowest BCUT2D eigenvalue weighted by Crippen LogP contribution is -2.12. The molecule has 150 valence electrons. The van der Waals surface area contributed by atoms with Crippen LogP contribution in [0.15, 0.2) is 84.9 Å². The number of carbonyl (C=O) groups is 1. The average molecular weight is 416 g/mol. The second-order valence-electron chi connectivity index (χ2n) is 6.71. The SMILES string of the molecule is O=C(Nc1nnc(CCCc2ccccc2)s1)c1ccccc1Oc1ccccc1. The Labute approximate surface area is 179 Å². The number of ether oxygens (including phenoxy) is 1. The summed E-state index contributed by atoms with van der Waals surface area (Å²) in [5.74, 6) is 0.900. The summed E-state index contributed by atoms with van der Waals surface area (Å²) in [7, 11) is 0. The Morgan fingerprint density at radius 3 is 2.33 bits per heavy atom. The zero-order valence-electron chi connectivity index (χ0n) is 16.3. The van der Waals surface area contributed by atoms with Crippen molar-refractivity contribution in [2.75, 3.05) is 5.32 Å². The minimum atomic E-state index is -0.270. The van der Waals surface area contributed by atoms with Crippen molar-refractivity contribution in [3.05, 3.63) is 101 Å². The van der Waals surface area contributed by atoms with Gasteiger partial charge in [0.25, 0.3) is 5.91 Å². The topological polar surface area (TPSA) is 64.1 Å². The van der Waals surface area contributed by atoms with E-state index >= 15 is 0 Å². The first-order chi connectivity index (χ1) is 14.8. The van der Waals surface area contributed by atoms with Gasteiger partial charge in [0, 0.05) is 6.42 Å². The molecule has 1 heterocycles. The van der Waals surface area contributed by atoms with E-state index in [9.17, 15) is 4.79 Å². The van der Waals surface area contributed by atoms with Gasteiger partial charge in [-0.1, -0.05) is 72.0 Å². The standard InChI is InChI=1S/C24H21N3O2S/c28-23(20-15-7-8-16-21(20)29-19-13-5-2-6-14-19)25-24-27-26-22(30-24)17-9-12-18-10-3-1-4-11-18/h1-8,10-11,13-16H,9,12,17H2,(H,25,27,28). The molecule has 0 aliphatic rings. The molecule has 1 N–H and O–H groups in total. The van der Waals surface area contributed by atoms with E-state index in [1.54, 1.807) is 12.1 Å². The van der Waals surface area contributed by atoms with Crippen LogP contribution in [0.25, 0.3) is 0 Å². The maximum Gasteiger partial charge on any atom is 0.261 e. The van der Waals surface area contributed by atoms with Gasteiger partial charge in [-0.3, -0.25) is 10.1 Å². The molecule has 0 bridgehead atoms. The summed E-state index contributed by atoms with van der Waals surface area (Å²) in [6, 6.07) is 26.9. The van der Waals surface area contributed by atoms with Crippen molar-refractivity contribution < 1.29 is 9.53 Å². The number of aromatic nitrogens is 2. The molecule has 0 spiro atoms. The Hall–Kier alpha value is -3.51. The van der Waals surface area contributed by atoms with Gasteiger partial charge < -0.3 is 4.74 Å². The van der Waals surface area contributed by atoms with Crippen LogP contribution in [-0.2, 0) is 12.8 Å². The maximum absolute atomic E-state index is 12.8. The number of hydrogen-bond donors (Lipinski definition) is 1. The first-order valence-corrected chi connectivity index (χ1v) is 10.6. The van der Waals surface area contributed by atoms with Crippen LogP contribution in [0.3, 0.4) is 0 Å². The average Bonchev–Trinajstić information content (AvgIpc) is 3.22. The molecule has 4 aromatic rings. The van der Waals surface area contributed by atoms with Crippen LogP contribution in [0.4, 0.5) is 5.13 Å². The molecule has 3 aromatic carbocycles. The predicted octanol–water partition coefficient (Wildman–Crippen LogP) is 5.76. The number of benzene rings is 3. The van der Waals surface area contributed by atoms with Crippen molar-refractivity contribution in [2.45, 2.75) is 19.3 Å². The number of nitrogens with zero attached hydrogens (tertiary/aromatic N) is 2. The lowest BCUT2D eigenvalue weighted by Gasteiger charge is -2.10. The van der Waals surface area contributed by atoms with Gasteiger partial charge in [0.05, 0.1) is 5.56 Å². The van der Waals surface area contributed by atoms with Crippen LogP contribution in [0, 0.1) is 0 Å². The van der Waals surface area contributed by atoms with Crippen LogP contribution >= 0.6 is 11.3 Å². The fourth-order valence-electron chi connectivity index (χ4n) is 3.02. The third kappa shape index (κ3) is 5.30. The predicted molar refractivity (Wildman–Crippen MR) is 119 cm³/mol. The largest absolute Gasteiger partial charge is 0.457 e. The van der Waals surface area contributed by atoms with Crippen molar-refractivity contribution in [1.29, 1.82) is 0 Å². The second kappa shape index (κ2) is 9.80. The molecular formula is C24H21N3O2S. The highest BCUT2D eigenvalue weighted by Gasteiger charge is 2.15. The van der Waals surface area contributed by atoms with Crippen LogP contribution in [0.1, 0.15) is 27.3 Å². The number of rotatable bonds is 8. The first kappa shape index (κ1) is 19.8. The van der Waals surface area contributed by atoms with Crippen molar-refractivity contribution in [3.63, 3.8) is 0 Å². The molecule has 0 unspecified atom stereocenters. The maximum atomic E-state index is 12.8. The van der Waals surface area contributed by atoms with E-state index in [1.165, 1.54) is 16.9 Å². The van der Waals surface area contributed by atoms with Gasteiger partial charge in [-0.15, -0.1) is 10.2 Å². The van der Waals surface area contributed by atoms with Crippen molar-refractivity contribution in [2.24, 2.45) is 0 Å². The number of nitrogens with one attached hydrogen (secondary N) is 1. The molecule has 0 radical (unpaired) electrons. The van der Waals surface area contributed by atoms with E-state index in [0.717, 1.165) is 24.3 Å². The summed E-state index contributed by atoms with van der Waals surface area (Å²) in [6.07, 6.45) is 2.81. The first-order valence-electron chi connectivity index (χ1n) is 9.77. The quantitative estimate of drug-likeness (QED) is 0.397. The Balaban J connectivity index is 1.36. The summed E-state index contributed by atoms with van der Waals surface area (Å²) in [6.45, 7) is 0. The van der Waals surface area contributed by atoms with Gasteiger partial charge in [0.2, 0.25) is 5.13 Å². The highest BCUT2D eigenvalue weighted by Crippen LogP contribution is 2.26. The highest BCUT2D eigenvalue weighted by molar-refractivity contribution is 7.15. The van der Waals surface area contributed by atoms with E-state index in [2.05, 4.69) is 27.6 Å². The Bertz CT molecular complexity index is 1100. The molecular weight excluding hydrogens is 394 g/mol. The molecule has 0 aliphatic carbocycles. The number of hydrogen-bond acceptors (Lipinski definition) is 5. The van der Waals surface area contributed by atoms with Crippen LogP contribution in [-0.4, -0.2) is 16.1 Å². The molecule has 0 aliphatic heterocycles. The number of para-hydroxylation sites is 2. The van der Waals surface area contributed by atoms with E-state index in [0.29, 0.717) is 22.2 Å². The minimum Gasteiger partial charge on any atom is -0.457 e. The lowest BCUT2D eigenvalue weighted by atomic mass is 10.1.